The van der Waals surface area contributed by atoms with Gasteiger partial charge in [-0.05, 0) is 59.4 Å². The van der Waals surface area contributed by atoms with Gasteiger partial charge in [-0.25, -0.2) is 0 Å². The lowest BCUT2D eigenvalue weighted by molar-refractivity contribution is -0.120. The zero-order valence-corrected chi connectivity index (χ0v) is 22.9. The van der Waals surface area contributed by atoms with E-state index in [1.807, 2.05) is 77.7 Å². The second kappa shape index (κ2) is 10.8. The predicted octanol–water partition coefficient (Wildman–Crippen LogP) is 5.64. The van der Waals surface area contributed by atoms with Gasteiger partial charge < -0.3 is 25.0 Å². The number of nitrogens with one attached hydrogen (secondary N) is 2. The molecule has 0 fully saturated rings. The first kappa shape index (κ1) is 26.4. The van der Waals surface area contributed by atoms with Crippen LogP contribution in [0.5, 0.6) is 11.5 Å². The molecule has 3 aromatic rings. The van der Waals surface area contributed by atoms with Gasteiger partial charge in [0.15, 0.2) is 5.78 Å². The molecule has 2 aliphatic rings. The Kier molecular flexibility index (Phi) is 7.33. The lowest BCUT2D eigenvalue weighted by atomic mass is 9.73. The highest BCUT2D eigenvalue weighted by Crippen LogP contribution is 2.48. The molecule has 39 heavy (non-hydrogen) atoms. The summed E-state index contributed by atoms with van der Waals surface area (Å²) < 4.78 is 10.8. The molecule has 0 saturated heterocycles. The van der Waals surface area contributed by atoms with E-state index in [0.29, 0.717) is 24.3 Å². The summed E-state index contributed by atoms with van der Waals surface area (Å²) in [4.78, 5) is 29.3. The zero-order valence-electron chi connectivity index (χ0n) is 22.9. The number of carbonyl (C=O) groups excluding carboxylic acids is 2. The van der Waals surface area contributed by atoms with Gasteiger partial charge >= 0.3 is 0 Å². The number of hydrogen-bond acceptors (Lipinski definition) is 6. The van der Waals surface area contributed by atoms with Gasteiger partial charge in [0.1, 0.15) is 11.5 Å². The number of anilines is 2. The number of carbonyl (C=O) groups is 2. The van der Waals surface area contributed by atoms with Crippen molar-refractivity contribution >= 4 is 23.1 Å². The molecule has 1 amide bonds. The first-order valence-electron chi connectivity index (χ1n) is 13.2. The molecular formula is C32H35N3O4. The molecule has 7 heteroatoms. The van der Waals surface area contributed by atoms with Crippen molar-refractivity contribution in [1.29, 1.82) is 0 Å². The Labute approximate surface area is 229 Å². The molecule has 0 spiro atoms. The van der Waals surface area contributed by atoms with Crippen molar-refractivity contribution < 1.29 is 19.1 Å². The van der Waals surface area contributed by atoms with Crippen LogP contribution in [-0.2, 0) is 16.1 Å². The van der Waals surface area contributed by atoms with E-state index < -0.39 is 6.04 Å². The molecule has 1 aliphatic carbocycles. The maximum absolute atomic E-state index is 13.8. The molecule has 1 aliphatic heterocycles. The van der Waals surface area contributed by atoms with Crippen molar-refractivity contribution in [2.75, 3.05) is 31.0 Å². The topological polar surface area (TPSA) is 79.9 Å². The van der Waals surface area contributed by atoms with E-state index in [0.717, 1.165) is 40.4 Å². The minimum Gasteiger partial charge on any atom is -0.497 e. The molecule has 0 saturated carbocycles. The van der Waals surface area contributed by atoms with Crippen molar-refractivity contribution in [3.63, 3.8) is 0 Å². The van der Waals surface area contributed by atoms with Gasteiger partial charge in [0.25, 0.3) is 0 Å². The van der Waals surface area contributed by atoms with E-state index in [2.05, 4.69) is 24.5 Å². The lowest BCUT2D eigenvalue weighted by Gasteiger charge is -2.38. The summed E-state index contributed by atoms with van der Waals surface area (Å²) in [7, 11) is 3.26. The van der Waals surface area contributed by atoms with Crippen molar-refractivity contribution in [2.45, 2.75) is 39.3 Å². The van der Waals surface area contributed by atoms with Gasteiger partial charge in [-0.15, -0.1) is 0 Å². The second-order valence-electron chi connectivity index (χ2n) is 10.9. The first-order chi connectivity index (χ1) is 18.8. The van der Waals surface area contributed by atoms with Crippen LogP contribution in [0.4, 0.5) is 11.4 Å². The van der Waals surface area contributed by atoms with Crippen molar-refractivity contribution in [3.8, 4) is 11.5 Å². The second-order valence-corrected chi connectivity index (χ2v) is 10.9. The van der Waals surface area contributed by atoms with E-state index in [1.165, 1.54) is 0 Å². The number of nitrogens with zero attached hydrogens (tertiary/aromatic N) is 1. The molecule has 1 heterocycles. The Bertz CT molecular complexity index is 1410. The number of ether oxygens (including phenoxy) is 2. The number of Topliss-reactive ketones (excluding diaryl/α,β-unsaturated/α-hetero) is 1. The number of amides is 1. The number of benzene rings is 3. The number of ketones is 1. The molecule has 5 rings (SSSR count). The molecule has 7 nitrogen and oxygen atoms in total. The highest BCUT2D eigenvalue weighted by Gasteiger charge is 2.42. The van der Waals surface area contributed by atoms with Crippen LogP contribution in [0.25, 0.3) is 0 Å². The van der Waals surface area contributed by atoms with Crippen LogP contribution in [-0.4, -0.2) is 32.5 Å². The zero-order chi connectivity index (χ0) is 27.6. The predicted molar refractivity (Wildman–Crippen MR) is 153 cm³/mol. The average molecular weight is 526 g/mol. The number of methoxy groups -OCH3 is 2. The maximum Gasteiger partial charge on any atom is 0.239 e. The summed E-state index contributed by atoms with van der Waals surface area (Å²) in [5.74, 6) is 1.43. The quantitative estimate of drug-likeness (QED) is 0.416. The Morgan fingerprint density at radius 2 is 1.72 bits per heavy atom. The summed E-state index contributed by atoms with van der Waals surface area (Å²) in [6, 6.07) is 22.9. The molecule has 1 unspecified atom stereocenters. The third kappa shape index (κ3) is 5.62. The van der Waals surface area contributed by atoms with Crippen LogP contribution in [0.15, 0.2) is 84.1 Å². The lowest BCUT2D eigenvalue weighted by Crippen LogP contribution is -2.41. The fourth-order valence-corrected chi connectivity index (χ4v) is 5.54. The Hall–Kier alpha value is -4.26. The molecule has 1 atom stereocenters. The molecular weight excluding hydrogens is 490 g/mol. The number of hydrogen-bond donors (Lipinski definition) is 2. The monoisotopic (exact) mass is 525 g/mol. The minimum absolute atomic E-state index is 0.0736. The highest BCUT2D eigenvalue weighted by molar-refractivity contribution is 6.02. The van der Waals surface area contributed by atoms with Crippen LogP contribution in [0, 0.1) is 5.41 Å². The van der Waals surface area contributed by atoms with Crippen LogP contribution >= 0.6 is 0 Å². The van der Waals surface area contributed by atoms with E-state index in [-0.39, 0.29) is 23.7 Å². The third-order valence-electron chi connectivity index (χ3n) is 7.38. The first-order valence-corrected chi connectivity index (χ1v) is 13.2. The van der Waals surface area contributed by atoms with Crippen molar-refractivity contribution in [1.82, 2.24) is 5.32 Å². The Morgan fingerprint density at radius 3 is 2.46 bits per heavy atom. The summed E-state index contributed by atoms with van der Waals surface area (Å²) in [6.07, 6.45) is 1.18. The summed E-state index contributed by atoms with van der Waals surface area (Å²) in [5.41, 5.74) is 5.08. The highest BCUT2D eigenvalue weighted by atomic mass is 16.5. The van der Waals surface area contributed by atoms with Crippen LogP contribution in [0.2, 0.25) is 0 Å². The molecule has 0 radical (unpaired) electrons. The average Bonchev–Trinajstić information content (AvgIpc) is 3.06. The largest absolute Gasteiger partial charge is 0.497 e. The van der Waals surface area contributed by atoms with Crippen LogP contribution < -0.4 is 25.0 Å². The molecule has 202 valence electrons. The summed E-state index contributed by atoms with van der Waals surface area (Å²) in [6.45, 7) is 4.71. The van der Waals surface area contributed by atoms with Gasteiger partial charge in [0.05, 0.1) is 38.2 Å². The number of para-hydroxylation sites is 2. The van der Waals surface area contributed by atoms with Gasteiger partial charge in [-0.2, -0.15) is 0 Å². The Morgan fingerprint density at radius 1 is 0.974 bits per heavy atom. The molecule has 0 bridgehead atoms. The van der Waals surface area contributed by atoms with Crippen molar-refractivity contribution in [3.05, 3.63) is 95.2 Å². The molecule has 0 aromatic heterocycles. The van der Waals surface area contributed by atoms with E-state index in [1.54, 1.807) is 14.2 Å². The van der Waals surface area contributed by atoms with Gasteiger partial charge in [-0.3, -0.25) is 9.59 Å². The van der Waals surface area contributed by atoms with Crippen LogP contribution in [0.3, 0.4) is 0 Å². The number of rotatable bonds is 7. The summed E-state index contributed by atoms with van der Waals surface area (Å²) >= 11 is 0. The van der Waals surface area contributed by atoms with Crippen molar-refractivity contribution in [2.24, 2.45) is 5.41 Å². The number of fused-ring (bicyclic) bond motifs is 1. The number of allylic oxidation sites excluding steroid dienone is 1. The van der Waals surface area contributed by atoms with Crippen LogP contribution in [0.1, 0.15) is 43.9 Å². The SMILES string of the molecule is COc1ccc(CNC(=O)CN2c3ccccc3NC3=C(C(=O)CC(C)(C)C3)C2c2cccc(OC)c2)cc1. The molecule has 3 aromatic carbocycles. The third-order valence-corrected chi connectivity index (χ3v) is 7.38. The fourth-order valence-electron chi connectivity index (χ4n) is 5.54. The maximum atomic E-state index is 13.8. The van der Waals surface area contributed by atoms with Gasteiger partial charge in [-0.1, -0.05) is 50.2 Å². The normalized spacial score (nSPS) is 17.9. The van der Waals surface area contributed by atoms with Gasteiger partial charge in [0.2, 0.25) is 5.91 Å². The van der Waals surface area contributed by atoms with Gasteiger partial charge in [0, 0.05) is 24.2 Å². The Balaban J connectivity index is 1.55. The fraction of sp³-hybridized carbons (Fsp3) is 0.312. The summed E-state index contributed by atoms with van der Waals surface area (Å²) in [5, 5.41) is 6.65. The molecule has 2 N–H and O–H groups in total. The van der Waals surface area contributed by atoms with E-state index in [9.17, 15) is 9.59 Å². The smallest absolute Gasteiger partial charge is 0.239 e. The van der Waals surface area contributed by atoms with E-state index >= 15 is 0 Å². The van der Waals surface area contributed by atoms with E-state index in [4.69, 9.17) is 9.47 Å². The minimum atomic E-state index is -0.457. The standard InChI is InChI=1S/C32H35N3O4/c1-32(2)17-26-30(28(36)18-32)31(22-8-7-9-24(16-22)39-4)35(27-11-6-5-10-25(27)34-26)20-29(37)33-19-21-12-14-23(38-3)15-13-21/h5-16,31,34H,17-20H2,1-4H3,(H,33,37).